The van der Waals surface area contributed by atoms with Gasteiger partial charge >= 0.3 is 18.4 Å². The number of halogens is 5. The molecule has 2 rings (SSSR count). The molecule has 0 bridgehead atoms. The molecule has 1 aromatic heterocycles. The van der Waals surface area contributed by atoms with Gasteiger partial charge in [0, 0.05) is 12.7 Å². The minimum absolute atomic E-state index is 0.135. The van der Waals surface area contributed by atoms with E-state index in [2.05, 4.69) is 20.0 Å². The molecule has 0 aliphatic carbocycles. The number of ether oxygens (including phenoxy) is 2. The Morgan fingerprint density at radius 2 is 2.00 bits per heavy atom. The number of hydrogen-bond acceptors (Lipinski definition) is 6. The first-order valence-electron chi connectivity index (χ1n) is 8.79. The summed E-state index contributed by atoms with van der Waals surface area (Å²) in [5, 5.41) is 2.68. The third kappa shape index (κ3) is 6.12. The second kappa shape index (κ2) is 7.88. The molecule has 7 nitrogen and oxygen atoms in total. The summed E-state index contributed by atoms with van der Waals surface area (Å²) in [5.41, 5.74) is -2.18. The predicted molar refractivity (Wildman–Crippen MR) is 92.5 cm³/mol. The zero-order chi connectivity index (χ0) is 22.2. The highest BCUT2D eigenvalue weighted by atomic mass is 19.4. The lowest BCUT2D eigenvalue weighted by Gasteiger charge is -2.43. The van der Waals surface area contributed by atoms with Crippen molar-refractivity contribution < 1.29 is 36.2 Å². The van der Waals surface area contributed by atoms with Crippen molar-refractivity contribution in [3.05, 3.63) is 17.5 Å². The molecule has 1 aliphatic rings. The van der Waals surface area contributed by atoms with E-state index in [0.29, 0.717) is 6.20 Å². The summed E-state index contributed by atoms with van der Waals surface area (Å²) in [6.45, 7) is 6.16. The van der Waals surface area contributed by atoms with Crippen LogP contribution in [0.3, 0.4) is 0 Å². The fourth-order valence-electron chi connectivity index (χ4n) is 2.78. The molecule has 0 saturated carbocycles. The van der Waals surface area contributed by atoms with Gasteiger partial charge in [0.2, 0.25) is 5.95 Å². The molecular weight excluding hydrogens is 403 g/mol. The molecule has 1 aromatic rings. The van der Waals surface area contributed by atoms with Gasteiger partial charge in [0.15, 0.2) is 0 Å². The fraction of sp³-hybridized carbons (Fsp3) is 0.706. The maximum atomic E-state index is 13.8. The molecule has 0 aromatic carbocycles. The number of aromatic nitrogens is 2. The second-order valence-corrected chi connectivity index (χ2v) is 7.71. The van der Waals surface area contributed by atoms with Gasteiger partial charge in [-0.15, -0.1) is 0 Å². The molecule has 1 fully saturated rings. The van der Waals surface area contributed by atoms with Crippen LogP contribution in [0.25, 0.3) is 0 Å². The van der Waals surface area contributed by atoms with Crippen LogP contribution in [0.5, 0.6) is 0 Å². The number of hydrogen-bond donors (Lipinski definition) is 1. The highest BCUT2D eigenvalue weighted by Gasteiger charge is 2.48. The average molecular weight is 426 g/mol. The molecule has 1 N–H and O–H groups in total. The number of aryl methyl sites for hydroxylation is 1. The first kappa shape index (κ1) is 23.0. The van der Waals surface area contributed by atoms with Crippen molar-refractivity contribution in [1.82, 2.24) is 14.9 Å². The van der Waals surface area contributed by atoms with Crippen LogP contribution in [-0.2, 0) is 15.7 Å². The van der Waals surface area contributed by atoms with Crippen LogP contribution in [-0.4, -0.2) is 57.9 Å². The Balaban J connectivity index is 2.17. The van der Waals surface area contributed by atoms with Gasteiger partial charge in [0.05, 0.1) is 23.4 Å². The first-order valence-corrected chi connectivity index (χ1v) is 8.79. The van der Waals surface area contributed by atoms with Gasteiger partial charge in [-0.1, -0.05) is 0 Å². The lowest BCUT2D eigenvalue weighted by molar-refractivity contribution is -0.300. The fourth-order valence-corrected chi connectivity index (χ4v) is 2.78. The molecule has 2 atom stereocenters. The smallest absolute Gasteiger partial charge is 0.419 e. The van der Waals surface area contributed by atoms with Crippen LogP contribution in [0.15, 0.2) is 6.20 Å². The molecule has 1 aliphatic heterocycles. The van der Waals surface area contributed by atoms with Crippen LogP contribution < -0.4 is 5.32 Å². The molecule has 2 heterocycles. The largest absolute Gasteiger partial charge is 0.444 e. The molecule has 0 spiro atoms. The van der Waals surface area contributed by atoms with E-state index in [9.17, 15) is 26.7 Å². The first-order chi connectivity index (χ1) is 13.1. The standard InChI is InChI=1S/C17H23F5N4O3/c1-9-11(17(20,21)22)6-23-13(25-9)24-7-12-10(2)28-16(18,19)8-26(12)14(27)29-15(3,4)5/h6,10,12H,7-8H2,1-5H3,(H,23,24,25)/t10-,12+/m0/s1. The highest BCUT2D eigenvalue weighted by Crippen LogP contribution is 2.32. The van der Waals surface area contributed by atoms with Gasteiger partial charge in [-0.2, -0.15) is 22.0 Å². The van der Waals surface area contributed by atoms with E-state index in [1.54, 1.807) is 20.8 Å². The van der Waals surface area contributed by atoms with E-state index in [1.807, 2.05) is 0 Å². The Morgan fingerprint density at radius 3 is 2.52 bits per heavy atom. The van der Waals surface area contributed by atoms with Crippen molar-refractivity contribution >= 4 is 12.0 Å². The number of morpholine rings is 1. The van der Waals surface area contributed by atoms with Crippen molar-refractivity contribution in [1.29, 1.82) is 0 Å². The maximum Gasteiger partial charge on any atom is 0.419 e. The Kier molecular flexibility index (Phi) is 6.26. The van der Waals surface area contributed by atoms with E-state index < -0.39 is 48.2 Å². The number of alkyl halides is 5. The van der Waals surface area contributed by atoms with Gasteiger partial charge < -0.3 is 14.8 Å². The van der Waals surface area contributed by atoms with E-state index in [4.69, 9.17) is 4.74 Å². The van der Waals surface area contributed by atoms with E-state index in [0.717, 1.165) is 4.90 Å². The van der Waals surface area contributed by atoms with Crippen LogP contribution in [0.4, 0.5) is 32.7 Å². The lowest BCUT2D eigenvalue weighted by atomic mass is 10.1. The summed E-state index contributed by atoms with van der Waals surface area (Å²) in [6.07, 6.45) is -9.56. The van der Waals surface area contributed by atoms with Crippen LogP contribution in [0.2, 0.25) is 0 Å². The zero-order valence-electron chi connectivity index (χ0n) is 16.6. The summed E-state index contributed by atoms with van der Waals surface area (Å²) in [6, 6.07) is -0.893. The molecule has 164 valence electrons. The van der Waals surface area contributed by atoms with Gasteiger partial charge in [-0.3, -0.25) is 4.90 Å². The van der Waals surface area contributed by atoms with Crippen LogP contribution >= 0.6 is 0 Å². The van der Waals surface area contributed by atoms with E-state index >= 15 is 0 Å². The monoisotopic (exact) mass is 426 g/mol. The highest BCUT2D eigenvalue weighted by molar-refractivity contribution is 5.69. The topological polar surface area (TPSA) is 76.6 Å². The van der Waals surface area contributed by atoms with Crippen molar-refractivity contribution in [2.24, 2.45) is 0 Å². The second-order valence-electron chi connectivity index (χ2n) is 7.71. The van der Waals surface area contributed by atoms with Crippen LogP contribution in [0.1, 0.15) is 39.0 Å². The number of carbonyl (C=O) groups excluding carboxylic acids is 1. The molecule has 0 unspecified atom stereocenters. The average Bonchev–Trinajstić information content (AvgIpc) is 2.49. The third-order valence-electron chi connectivity index (χ3n) is 4.04. The van der Waals surface area contributed by atoms with E-state index in [1.165, 1.54) is 13.8 Å². The summed E-state index contributed by atoms with van der Waals surface area (Å²) in [5.74, 6) is -0.135. The van der Waals surface area contributed by atoms with Gasteiger partial charge in [-0.25, -0.2) is 14.8 Å². The Bertz CT molecular complexity index is 752. The summed E-state index contributed by atoms with van der Waals surface area (Å²) in [7, 11) is 0. The molecule has 1 saturated heterocycles. The molecule has 1 amide bonds. The van der Waals surface area contributed by atoms with Gasteiger partial charge in [0.1, 0.15) is 12.1 Å². The Morgan fingerprint density at radius 1 is 1.38 bits per heavy atom. The van der Waals surface area contributed by atoms with Crippen molar-refractivity contribution in [2.45, 2.75) is 64.7 Å². The van der Waals surface area contributed by atoms with Crippen LogP contribution in [0, 0.1) is 6.92 Å². The number of rotatable bonds is 3. The number of nitrogens with zero attached hydrogens (tertiary/aromatic N) is 3. The molecule has 29 heavy (non-hydrogen) atoms. The number of amides is 1. The molecular formula is C17H23F5N4O3. The lowest BCUT2D eigenvalue weighted by Crippen LogP contribution is -2.61. The molecule has 12 heteroatoms. The number of nitrogens with one attached hydrogen (secondary N) is 1. The quantitative estimate of drug-likeness (QED) is 0.741. The summed E-state index contributed by atoms with van der Waals surface area (Å²) < 4.78 is 75.9. The SMILES string of the molecule is Cc1nc(NC[C@@H]2[C@H](C)OC(F)(F)CN2C(=O)OC(C)(C)C)ncc1C(F)(F)F. The van der Waals surface area contributed by atoms with Crippen molar-refractivity contribution in [2.75, 3.05) is 18.4 Å². The zero-order valence-corrected chi connectivity index (χ0v) is 16.6. The Labute approximate surface area is 164 Å². The Hall–Kier alpha value is -2.24. The predicted octanol–water partition coefficient (Wildman–Crippen LogP) is 3.83. The summed E-state index contributed by atoms with van der Waals surface area (Å²) >= 11 is 0. The van der Waals surface area contributed by atoms with E-state index in [-0.39, 0.29) is 18.2 Å². The normalized spacial score (nSPS) is 22.3. The van der Waals surface area contributed by atoms with Crippen molar-refractivity contribution in [3.63, 3.8) is 0 Å². The number of anilines is 1. The minimum atomic E-state index is -4.59. The molecule has 0 radical (unpaired) electrons. The minimum Gasteiger partial charge on any atom is -0.444 e. The number of carbonyl (C=O) groups is 1. The van der Waals surface area contributed by atoms with Gasteiger partial charge in [0.25, 0.3) is 0 Å². The summed E-state index contributed by atoms with van der Waals surface area (Å²) in [4.78, 5) is 20.6. The third-order valence-corrected chi connectivity index (χ3v) is 4.04. The van der Waals surface area contributed by atoms with Gasteiger partial charge in [-0.05, 0) is 34.6 Å². The van der Waals surface area contributed by atoms with Crippen molar-refractivity contribution in [3.8, 4) is 0 Å². The maximum absolute atomic E-state index is 13.8.